The highest BCUT2D eigenvalue weighted by atomic mass is 32.2. The van der Waals surface area contributed by atoms with E-state index in [9.17, 15) is 8.42 Å². The molecule has 0 aromatic carbocycles. The Kier molecular flexibility index (Phi) is 5.60. The molecule has 6 nitrogen and oxygen atoms in total. The lowest BCUT2D eigenvalue weighted by Crippen LogP contribution is -2.38. The van der Waals surface area contributed by atoms with E-state index in [-0.39, 0.29) is 6.54 Å². The zero-order valence-electron chi connectivity index (χ0n) is 12.1. The lowest BCUT2D eigenvalue weighted by Gasteiger charge is -2.23. The van der Waals surface area contributed by atoms with E-state index in [1.807, 2.05) is 6.92 Å². The minimum atomic E-state index is -3.41. The van der Waals surface area contributed by atoms with E-state index >= 15 is 0 Å². The third-order valence-corrected chi connectivity index (χ3v) is 6.40. The molecule has 0 radical (unpaired) electrons. The molecule has 1 saturated carbocycles. The Hall–Kier alpha value is -1.12. The molecular weight excluding hydrogens is 308 g/mol. The van der Waals surface area contributed by atoms with Crippen LogP contribution in [0.25, 0.3) is 0 Å². The van der Waals surface area contributed by atoms with E-state index in [0.29, 0.717) is 22.6 Å². The van der Waals surface area contributed by atoms with Crippen molar-refractivity contribution in [1.29, 1.82) is 0 Å². The van der Waals surface area contributed by atoms with Crippen LogP contribution in [0.15, 0.2) is 21.3 Å². The van der Waals surface area contributed by atoms with Crippen LogP contribution in [0.1, 0.15) is 24.1 Å². The normalized spacial score (nSPS) is 16.7. The van der Waals surface area contributed by atoms with Gasteiger partial charge in [0.05, 0.1) is 0 Å². The molecule has 1 fully saturated rings. The number of sulfonamides is 1. The number of aryl methyl sites for hydroxylation is 1. The highest BCUT2D eigenvalue weighted by Gasteiger charge is 2.17. The Morgan fingerprint density at radius 3 is 2.76 bits per heavy atom. The molecule has 0 aliphatic heterocycles. The fourth-order valence-electron chi connectivity index (χ4n) is 1.96. The fourth-order valence-corrected chi connectivity index (χ4v) is 4.32. The largest absolute Gasteiger partial charge is 0.370 e. The summed E-state index contributed by atoms with van der Waals surface area (Å²) in [7, 11) is -3.41. The fraction of sp³-hybridized carbons (Fsp3) is 0.615. The Morgan fingerprint density at radius 2 is 2.19 bits per heavy atom. The van der Waals surface area contributed by atoms with Crippen LogP contribution in [0.3, 0.4) is 0 Å². The zero-order valence-corrected chi connectivity index (χ0v) is 13.8. The summed E-state index contributed by atoms with van der Waals surface area (Å²) in [4.78, 5) is 5.22. The maximum atomic E-state index is 12.0. The van der Waals surface area contributed by atoms with Crippen LogP contribution >= 0.6 is 11.3 Å². The first-order valence-corrected chi connectivity index (χ1v) is 9.37. The summed E-state index contributed by atoms with van der Waals surface area (Å²) in [6.45, 7) is 3.34. The van der Waals surface area contributed by atoms with Gasteiger partial charge in [0, 0.05) is 24.5 Å². The van der Waals surface area contributed by atoms with E-state index in [2.05, 4.69) is 15.0 Å². The van der Waals surface area contributed by atoms with Crippen LogP contribution in [0.5, 0.6) is 0 Å². The van der Waals surface area contributed by atoms with Crippen molar-refractivity contribution in [1.82, 2.24) is 10.0 Å². The predicted molar refractivity (Wildman–Crippen MR) is 86.1 cm³/mol. The van der Waals surface area contributed by atoms with Gasteiger partial charge in [0.25, 0.3) is 0 Å². The first-order chi connectivity index (χ1) is 9.97. The summed E-state index contributed by atoms with van der Waals surface area (Å²) >= 11 is 1.26. The highest BCUT2D eigenvalue weighted by molar-refractivity contribution is 7.91. The molecule has 0 saturated heterocycles. The average molecular weight is 330 g/mol. The molecule has 1 aliphatic carbocycles. The van der Waals surface area contributed by atoms with Crippen LogP contribution in [0.2, 0.25) is 0 Å². The second-order valence-corrected chi connectivity index (χ2v) is 8.49. The molecule has 4 N–H and O–H groups in total. The van der Waals surface area contributed by atoms with E-state index in [4.69, 9.17) is 5.73 Å². The molecule has 1 aromatic rings. The van der Waals surface area contributed by atoms with Crippen LogP contribution in [-0.4, -0.2) is 34.0 Å². The molecule has 1 aliphatic rings. The van der Waals surface area contributed by atoms with Crippen molar-refractivity contribution in [2.75, 3.05) is 19.6 Å². The Labute approximate surface area is 129 Å². The molecule has 0 spiro atoms. The molecule has 0 atom stereocenters. The monoisotopic (exact) mass is 330 g/mol. The molecule has 0 unspecified atom stereocenters. The van der Waals surface area contributed by atoms with Gasteiger partial charge in [0.2, 0.25) is 10.0 Å². The van der Waals surface area contributed by atoms with Crippen molar-refractivity contribution in [2.45, 2.75) is 30.4 Å². The molecule has 2 rings (SSSR count). The molecule has 118 valence electrons. The van der Waals surface area contributed by atoms with Crippen LogP contribution < -0.4 is 15.8 Å². The van der Waals surface area contributed by atoms with E-state index in [0.717, 1.165) is 11.4 Å². The lowest BCUT2D eigenvalue weighted by molar-refractivity contribution is 0.326. The molecule has 0 amide bonds. The van der Waals surface area contributed by atoms with Gasteiger partial charge in [-0.05, 0) is 37.8 Å². The smallest absolute Gasteiger partial charge is 0.250 e. The number of guanidine groups is 1. The topological polar surface area (TPSA) is 96.6 Å². The van der Waals surface area contributed by atoms with Gasteiger partial charge in [-0.15, -0.1) is 11.3 Å². The molecule has 1 heterocycles. The van der Waals surface area contributed by atoms with Gasteiger partial charge < -0.3 is 11.1 Å². The third-order valence-electron chi connectivity index (χ3n) is 3.45. The van der Waals surface area contributed by atoms with Crippen molar-refractivity contribution in [2.24, 2.45) is 16.6 Å². The van der Waals surface area contributed by atoms with Gasteiger partial charge in [-0.3, -0.25) is 4.99 Å². The van der Waals surface area contributed by atoms with Gasteiger partial charge in [-0.25, -0.2) is 13.1 Å². The predicted octanol–water partition coefficient (Wildman–Crippen LogP) is 1.04. The number of hydrogen-bond donors (Lipinski definition) is 3. The van der Waals surface area contributed by atoms with E-state index in [1.54, 1.807) is 12.1 Å². The standard InChI is InChI=1S/C13H22N4O2S2/c1-10-5-6-12(20-10)21(18,19)17-8-7-15-13(14)16-9-11-3-2-4-11/h5-6,11,17H,2-4,7-9H2,1H3,(H3,14,15,16). The quantitative estimate of drug-likeness (QED) is 0.395. The number of hydrogen-bond acceptors (Lipinski definition) is 4. The minimum Gasteiger partial charge on any atom is -0.370 e. The maximum absolute atomic E-state index is 12.0. The van der Waals surface area contributed by atoms with Gasteiger partial charge in [0.1, 0.15) is 4.21 Å². The molecular formula is C13H22N4O2S2. The van der Waals surface area contributed by atoms with Crippen molar-refractivity contribution >= 4 is 27.3 Å². The Morgan fingerprint density at radius 1 is 1.43 bits per heavy atom. The van der Waals surface area contributed by atoms with Crippen molar-refractivity contribution in [3.8, 4) is 0 Å². The summed E-state index contributed by atoms with van der Waals surface area (Å²) in [5.41, 5.74) is 5.73. The number of nitrogens with two attached hydrogens (primary N) is 1. The number of nitrogens with one attached hydrogen (secondary N) is 2. The highest BCUT2D eigenvalue weighted by Crippen LogP contribution is 2.26. The summed E-state index contributed by atoms with van der Waals surface area (Å²) in [5, 5.41) is 2.92. The van der Waals surface area contributed by atoms with Gasteiger partial charge in [-0.2, -0.15) is 0 Å². The van der Waals surface area contributed by atoms with Crippen molar-refractivity contribution < 1.29 is 8.42 Å². The van der Waals surface area contributed by atoms with Crippen molar-refractivity contribution in [3.63, 3.8) is 0 Å². The summed E-state index contributed by atoms with van der Waals surface area (Å²) in [6.07, 6.45) is 3.76. The SMILES string of the molecule is Cc1ccc(S(=O)(=O)NCCNC(N)=NCC2CCC2)s1. The number of aliphatic imine (C=N–C) groups is 1. The summed E-state index contributed by atoms with van der Waals surface area (Å²) in [5.74, 6) is 1.05. The summed E-state index contributed by atoms with van der Waals surface area (Å²) in [6, 6.07) is 3.41. The second-order valence-electron chi connectivity index (χ2n) is 5.21. The van der Waals surface area contributed by atoms with Crippen LogP contribution in [-0.2, 0) is 10.0 Å². The number of thiophene rings is 1. The average Bonchev–Trinajstić information content (AvgIpc) is 2.80. The van der Waals surface area contributed by atoms with E-state index in [1.165, 1.54) is 30.6 Å². The van der Waals surface area contributed by atoms with Crippen LogP contribution in [0.4, 0.5) is 0 Å². The van der Waals surface area contributed by atoms with Gasteiger partial charge in [-0.1, -0.05) is 6.42 Å². The zero-order chi connectivity index (χ0) is 15.3. The molecule has 8 heteroatoms. The van der Waals surface area contributed by atoms with Crippen LogP contribution in [0, 0.1) is 12.8 Å². The number of rotatable bonds is 7. The van der Waals surface area contributed by atoms with Crippen molar-refractivity contribution in [3.05, 3.63) is 17.0 Å². The maximum Gasteiger partial charge on any atom is 0.250 e. The first-order valence-electron chi connectivity index (χ1n) is 7.07. The number of nitrogens with zero attached hydrogens (tertiary/aromatic N) is 1. The first kappa shape index (κ1) is 16.3. The van der Waals surface area contributed by atoms with E-state index < -0.39 is 10.0 Å². The third kappa shape index (κ3) is 4.98. The van der Waals surface area contributed by atoms with Gasteiger partial charge in [0.15, 0.2) is 5.96 Å². The Balaban J connectivity index is 1.69. The minimum absolute atomic E-state index is 0.277. The summed E-state index contributed by atoms with van der Waals surface area (Å²) < 4.78 is 26.8. The molecule has 0 bridgehead atoms. The molecule has 1 aromatic heterocycles. The second kappa shape index (κ2) is 7.24. The van der Waals surface area contributed by atoms with Gasteiger partial charge >= 0.3 is 0 Å². The lowest BCUT2D eigenvalue weighted by atomic mass is 9.86. The molecule has 21 heavy (non-hydrogen) atoms. The Bertz CT molecular complexity index is 591.